The Morgan fingerprint density at radius 3 is 2.24 bits per heavy atom. The number of nitrogen functional groups attached to an aromatic ring is 1. The maximum atomic E-state index is 12.1. The predicted octanol–water partition coefficient (Wildman–Crippen LogP) is 1.19. The fraction of sp³-hybridized carbons (Fsp3) is 0.429. The third kappa shape index (κ3) is 11.3. The quantitative estimate of drug-likeness (QED) is 0.198. The van der Waals surface area contributed by atoms with Crippen LogP contribution in [0.15, 0.2) is 29.4 Å². The number of nitrogens with zero attached hydrogens (tertiary/aromatic N) is 1. The van der Waals surface area contributed by atoms with E-state index >= 15 is 0 Å². The number of amides is 2. The van der Waals surface area contributed by atoms with Crippen LogP contribution in [0.2, 0.25) is 0 Å². The molecule has 1 aromatic carbocycles. The third-order valence-electron chi connectivity index (χ3n) is 4.35. The van der Waals surface area contributed by atoms with Gasteiger partial charge in [0.25, 0.3) is 0 Å². The average Bonchev–Trinajstić information content (AvgIpc) is 3.24. The van der Waals surface area contributed by atoms with E-state index in [1.54, 1.807) is 38.1 Å². The van der Waals surface area contributed by atoms with Crippen LogP contribution in [0.3, 0.4) is 0 Å². The lowest BCUT2D eigenvalue weighted by Gasteiger charge is -2.17. The third-order valence-corrected chi connectivity index (χ3v) is 4.35. The maximum absolute atomic E-state index is 12.1. The minimum atomic E-state index is -5.08. The topological polar surface area (TPSA) is 213 Å². The Morgan fingerprint density at radius 2 is 1.78 bits per heavy atom. The standard InChI is InChI=1S/C19H25N5O6.C2HF3O2/c1-10(2)29-19(28)23-15(18(26)27)9-22-16(25)8-13-7-14(24-30-13)11-3-5-12(6-4-11)17(20)21;3-2(4,5)1(6)7/h3-6,10,13,15H,7-9H2,1-2H3,(H3,20,21)(H,22,25)(H,23,28)(H,26,27);(H,6,7)/t13?,15-;/m0./s1. The van der Waals surface area contributed by atoms with Crippen molar-refractivity contribution in [3.63, 3.8) is 0 Å². The Bertz CT molecular complexity index is 1030. The Morgan fingerprint density at radius 1 is 1.22 bits per heavy atom. The molecule has 0 aromatic heterocycles. The van der Waals surface area contributed by atoms with Gasteiger partial charge in [0.1, 0.15) is 18.0 Å². The van der Waals surface area contributed by atoms with Crippen molar-refractivity contribution in [2.24, 2.45) is 10.9 Å². The maximum Gasteiger partial charge on any atom is 0.490 e. The molecule has 0 fully saturated rings. The van der Waals surface area contributed by atoms with Gasteiger partial charge in [0.05, 0.1) is 18.2 Å². The lowest BCUT2D eigenvalue weighted by molar-refractivity contribution is -0.192. The molecule has 0 bridgehead atoms. The summed E-state index contributed by atoms with van der Waals surface area (Å²) in [6, 6.07) is 5.60. The fourth-order valence-electron chi connectivity index (χ4n) is 2.64. The molecule has 2 atom stereocenters. The van der Waals surface area contributed by atoms with E-state index in [2.05, 4.69) is 15.8 Å². The van der Waals surface area contributed by atoms with Crippen molar-refractivity contribution in [2.75, 3.05) is 6.54 Å². The first-order chi connectivity index (χ1) is 17.1. The molecule has 37 heavy (non-hydrogen) atoms. The number of benzene rings is 1. The van der Waals surface area contributed by atoms with E-state index in [9.17, 15) is 32.7 Å². The first-order valence-corrected chi connectivity index (χ1v) is 10.5. The minimum absolute atomic E-state index is 0.0265. The summed E-state index contributed by atoms with van der Waals surface area (Å²) < 4.78 is 36.6. The molecule has 1 aliphatic heterocycles. The molecule has 0 spiro atoms. The molecule has 0 aliphatic carbocycles. The Hall–Kier alpha value is -4.37. The molecule has 1 aromatic rings. The molecule has 1 heterocycles. The van der Waals surface area contributed by atoms with Gasteiger partial charge in [-0.05, 0) is 19.4 Å². The number of carbonyl (C=O) groups is 4. The zero-order valence-electron chi connectivity index (χ0n) is 19.7. The molecular weight excluding hydrogens is 507 g/mol. The second-order valence-electron chi connectivity index (χ2n) is 7.76. The fourth-order valence-corrected chi connectivity index (χ4v) is 2.64. The summed E-state index contributed by atoms with van der Waals surface area (Å²) in [7, 11) is 0. The van der Waals surface area contributed by atoms with Crippen molar-refractivity contribution in [1.82, 2.24) is 10.6 Å². The monoisotopic (exact) mass is 533 g/mol. The summed E-state index contributed by atoms with van der Waals surface area (Å²) in [5, 5.41) is 32.3. The molecule has 2 amide bonds. The number of nitrogens with one attached hydrogen (secondary N) is 3. The number of carbonyl (C=O) groups excluding carboxylic acids is 2. The summed E-state index contributed by atoms with van der Waals surface area (Å²) in [5.41, 5.74) is 7.47. The van der Waals surface area contributed by atoms with Crippen LogP contribution >= 0.6 is 0 Å². The van der Waals surface area contributed by atoms with Gasteiger partial charge in [-0.2, -0.15) is 13.2 Å². The molecule has 1 aliphatic rings. The summed E-state index contributed by atoms with van der Waals surface area (Å²) in [6.45, 7) is 2.97. The SMILES string of the molecule is CC(C)OC(=O)N[C@@H](CNC(=O)CC1CC(c2ccc(C(=N)N)cc2)=NO1)C(=O)O.O=C(O)C(F)(F)F. The van der Waals surface area contributed by atoms with Gasteiger partial charge in [0, 0.05) is 18.5 Å². The smallest absolute Gasteiger partial charge is 0.480 e. The van der Waals surface area contributed by atoms with Crippen LogP contribution in [0, 0.1) is 5.41 Å². The van der Waals surface area contributed by atoms with E-state index in [4.69, 9.17) is 30.6 Å². The Kier molecular flexibility index (Phi) is 11.3. The normalized spacial score (nSPS) is 15.3. The summed E-state index contributed by atoms with van der Waals surface area (Å²) in [6.07, 6.45) is -6.48. The van der Waals surface area contributed by atoms with Crippen molar-refractivity contribution in [3.8, 4) is 0 Å². The van der Waals surface area contributed by atoms with Gasteiger partial charge in [-0.25, -0.2) is 14.4 Å². The largest absolute Gasteiger partial charge is 0.490 e. The van der Waals surface area contributed by atoms with Crippen LogP contribution in [-0.4, -0.2) is 76.7 Å². The highest BCUT2D eigenvalue weighted by molar-refractivity contribution is 6.02. The van der Waals surface area contributed by atoms with Crippen LogP contribution in [0.5, 0.6) is 0 Å². The highest BCUT2D eigenvalue weighted by Crippen LogP contribution is 2.19. The van der Waals surface area contributed by atoms with Crippen LogP contribution in [0.4, 0.5) is 18.0 Å². The number of alkyl carbamates (subject to hydrolysis) is 1. The summed E-state index contributed by atoms with van der Waals surface area (Å²) in [4.78, 5) is 49.1. The van der Waals surface area contributed by atoms with Crippen LogP contribution in [-0.2, 0) is 24.0 Å². The number of alkyl halides is 3. The number of ether oxygens (including phenoxy) is 1. The molecule has 0 saturated carbocycles. The molecule has 13 nitrogen and oxygen atoms in total. The van der Waals surface area contributed by atoms with Gasteiger partial charge in [-0.3, -0.25) is 10.2 Å². The number of carboxylic acid groups (broad SMARTS) is 2. The van der Waals surface area contributed by atoms with E-state index in [0.29, 0.717) is 17.7 Å². The first-order valence-electron chi connectivity index (χ1n) is 10.5. The zero-order chi connectivity index (χ0) is 28.3. The van der Waals surface area contributed by atoms with E-state index in [1.165, 1.54) is 0 Å². The average molecular weight is 533 g/mol. The second kappa shape index (κ2) is 13.6. The van der Waals surface area contributed by atoms with Crippen molar-refractivity contribution in [2.45, 2.75) is 51.1 Å². The lowest BCUT2D eigenvalue weighted by atomic mass is 10.0. The lowest BCUT2D eigenvalue weighted by Crippen LogP contribution is -2.49. The Balaban J connectivity index is 0.000000856. The number of nitrogens with two attached hydrogens (primary N) is 1. The van der Waals surface area contributed by atoms with Crippen molar-refractivity contribution in [3.05, 3.63) is 35.4 Å². The number of hydrogen-bond acceptors (Lipinski definition) is 8. The number of amidine groups is 1. The van der Waals surface area contributed by atoms with Gasteiger partial charge in [0.15, 0.2) is 0 Å². The van der Waals surface area contributed by atoms with E-state index in [-0.39, 0.29) is 18.8 Å². The van der Waals surface area contributed by atoms with Crippen molar-refractivity contribution < 1.29 is 52.1 Å². The highest BCUT2D eigenvalue weighted by atomic mass is 19.4. The number of hydrogen-bond donors (Lipinski definition) is 6. The molecule has 16 heteroatoms. The molecule has 2 rings (SSSR count). The Labute approximate surface area is 208 Å². The molecule has 0 saturated heterocycles. The van der Waals surface area contributed by atoms with Gasteiger partial charge < -0.3 is 36.2 Å². The van der Waals surface area contributed by atoms with Crippen molar-refractivity contribution in [1.29, 1.82) is 5.41 Å². The number of halogens is 3. The number of carboxylic acids is 2. The van der Waals surface area contributed by atoms with Crippen molar-refractivity contribution >= 4 is 35.5 Å². The van der Waals surface area contributed by atoms with E-state index < -0.39 is 48.4 Å². The van der Waals surface area contributed by atoms with Gasteiger partial charge in [0.2, 0.25) is 5.91 Å². The van der Waals surface area contributed by atoms with E-state index in [1.807, 2.05) is 0 Å². The van der Waals surface area contributed by atoms with Crippen LogP contribution in [0.25, 0.3) is 0 Å². The minimum Gasteiger partial charge on any atom is -0.480 e. The molecule has 0 radical (unpaired) electrons. The van der Waals surface area contributed by atoms with Crippen LogP contribution < -0.4 is 16.4 Å². The van der Waals surface area contributed by atoms with E-state index in [0.717, 1.165) is 5.56 Å². The summed E-state index contributed by atoms with van der Waals surface area (Å²) >= 11 is 0. The van der Waals surface area contributed by atoms with Gasteiger partial charge >= 0.3 is 24.2 Å². The number of oxime groups is 1. The number of aliphatic carboxylic acids is 2. The van der Waals surface area contributed by atoms with Gasteiger partial charge in [-0.15, -0.1) is 0 Å². The molecule has 204 valence electrons. The first kappa shape index (κ1) is 30.7. The highest BCUT2D eigenvalue weighted by Gasteiger charge is 2.38. The molecule has 1 unspecified atom stereocenters. The van der Waals surface area contributed by atoms with Gasteiger partial charge in [-0.1, -0.05) is 29.4 Å². The second-order valence-corrected chi connectivity index (χ2v) is 7.76. The summed E-state index contributed by atoms with van der Waals surface area (Å²) in [5.74, 6) is -4.53. The molecular formula is C21H26F3N5O8. The van der Waals surface area contributed by atoms with Crippen LogP contribution in [0.1, 0.15) is 37.8 Å². The molecule has 7 N–H and O–H groups in total. The predicted molar refractivity (Wildman–Crippen MR) is 121 cm³/mol. The number of rotatable bonds is 9. The zero-order valence-corrected chi connectivity index (χ0v) is 19.7.